The van der Waals surface area contributed by atoms with Crippen molar-refractivity contribution in [1.29, 1.82) is 0 Å². The van der Waals surface area contributed by atoms with Crippen molar-refractivity contribution in [1.82, 2.24) is 24.5 Å². The van der Waals surface area contributed by atoms with Crippen molar-refractivity contribution in [2.75, 3.05) is 4.90 Å². The van der Waals surface area contributed by atoms with E-state index in [1.54, 1.807) is 11.3 Å². The molecule has 9 aromatic carbocycles. The van der Waals surface area contributed by atoms with Gasteiger partial charge in [0, 0.05) is 49.8 Å². The van der Waals surface area contributed by atoms with Crippen LogP contribution in [-0.2, 0) is 5.41 Å². The third kappa shape index (κ3) is 6.62. The topological polar surface area (TPSA) is 59.7 Å². The zero-order valence-electron chi connectivity index (χ0n) is 37.4. The third-order valence-corrected chi connectivity index (χ3v) is 14.5. The van der Waals surface area contributed by atoms with Crippen molar-refractivity contribution in [3.8, 4) is 61.5 Å². The Kier molecular flexibility index (Phi) is 9.27. The maximum atomic E-state index is 5.20. The number of nitrogens with zero attached hydrogens (tertiary/aromatic N) is 6. The van der Waals surface area contributed by atoms with Gasteiger partial charge in [-0.2, -0.15) is 0 Å². The molecule has 0 unspecified atom stereocenters. The molecule has 0 saturated carbocycles. The van der Waals surface area contributed by atoms with Crippen LogP contribution in [0.1, 0.15) is 25.0 Å². The molecule has 68 heavy (non-hydrogen) atoms. The molecular formula is C61H42N6S. The van der Waals surface area contributed by atoms with Crippen molar-refractivity contribution in [3.05, 3.63) is 230 Å². The van der Waals surface area contributed by atoms with E-state index in [1.807, 2.05) is 60.7 Å². The molecule has 0 amide bonds. The molecule has 0 bridgehead atoms. The maximum absolute atomic E-state index is 5.20. The second-order valence-corrected chi connectivity index (χ2v) is 19.0. The molecule has 4 heterocycles. The molecule has 13 rings (SSSR count). The quantitative estimate of drug-likeness (QED) is 0.160. The van der Waals surface area contributed by atoms with Gasteiger partial charge in [0.25, 0.3) is 0 Å². The number of benzene rings is 9. The van der Waals surface area contributed by atoms with Crippen molar-refractivity contribution >= 4 is 60.4 Å². The van der Waals surface area contributed by atoms with Gasteiger partial charge in [0.1, 0.15) is 5.01 Å². The second kappa shape index (κ2) is 15.8. The number of rotatable bonds is 7. The summed E-state index contributed by atoms with van der Waals surface area (Å²) in [5.74, 6) is 1.90. The SMILES string of the molecule is CC1(C)c2ccccc2N(c2ccccc2)c2ccc(-c3ccc4c(c3)c3cc5sc(-c6ccccc6)nc5cc3n4-c3ccc(-c4nc(-c5ccccc5)nc(-c5ccccc5)n4)cc3)cc21. The van der Waals surface area contributed by atoms with Crippen LogP contribution in [0.15, 0.2) is 218 Å². The molecule has 0 aliphatic carbocycles. The number of para-hydroxylation sites is 2. The summed E-state index contributed by atoms with van der Waals surface area (Å²) in [6, 6.07) is 77.4. The summed E-state index contributed by atoms with van der Waals surface area (Å²) in [6.45, 7) is 4.71. The highest BCUT2D eigenvalue weighted by Gasteiger charge is 2.37. The van der Waals surface area contributed by atoms with Crippen LogP contribution in [0.4, 0.5) is 17.1 Å². The number of hydrogen-bond donors (Lipinski definition) is 0. The van der Waals surface area contributed by atoms with Gasteiger partial charge >= 0.3 is 0 Å². The Balaban J connectivity index is 0.963. The van der Waals surface area contributed by atoms with E-state index in [0.717, 1.165) is 59.9 Å². The first kappa shape index (κ1) is 39.8. The van der Waals surface area contributed by atoms with E-state index in [4.69, 9.17) is 19.9 Å². The molecule has 0 spiro atoms. The molecule has 1 aliphatic rings. The van der Waals surface area contributed by atoms with Crippen LogP contribution >= 0.6 is 11.3 Å². The van der Waals surface area contributed by atoms with E-state index in [1.165, 1.54) is 44.4 Å². The minimum Gasteiger partial charge on any atom is -0.310 e. The third-order valence-electron chi connectivity index (χ3n) is 13.5. The zero-order chi connectivity index (χ0) is 45.3. The van der Waals surface area contributed by atoms with Gasteiger partial charge in [-0.15, -0.1) is 11.3 Å². The monoisotopic (exact) mass is 890 g/mol. The first-order valence-electron chi connectivity index (χ1n) is 23.0. The van der Waals surface area contributed by atoms with Crippen molar-refractivity contribution in [3.63, 3.8) is 0 Å². The fourth-order valence-electron chi connectivity index (χ4n) is 10.0. The van der Waals surface area contributed by atoms with Crippen LogP contribution in [0.5, 0.6) is 0 Å². The molecule has 322 valence electrons. The summed E-state index contributed by atoms with van der Waals surface area (Å²) in [5, 5.41) is 3.38. The Morgan fingerprint density at radius 3 is 1.56 bits per heavy atom. The van der Waals surface area contributed by atoms with E-state index in [9.17, 15) is 0 Å². The molecule has 0 atom stereocenters. The summed E-state index contributed by atoms with van der Waals surface area (Å²) in [4.78, 5) is 22.6. The lowest BCUT2D eigenvalue weighted by Gasteiger charge is -2.42. The lowest BCUT2D eigenvalue weighted by molar-refractivity contribution is 0.632. The number of aromatic nitrogens is 5. The van der Waals surface area contributed by atoms with Crippen LogP contribution < -0.4 is 4.90 Å². The van der Waals surface area contributed by atoms with E-state index in [2.05, 4.69) is 181 Å². The fraction of sp³-hybridized carbons (Fsp3) is 0.0492. The minimum atomic E-state index is -0.221. The number of thiazole rings is 1. The minimum absolute atomic E-state index is 0.221. The summed E-state index contributed by atoms with van der Waals surface area (Å²) in [7, 11) is 0. The van der Waals surface area contributed by atoms with Crippen LogP contribution in [-0.4, -0.2) is 24.5 Å². The van der Waals surface area contributed by atoms with Crippen LogP contribution in [0, 0.1) is 0 Å². The average Bonchev–Trinajstić information content (AvgIpc) is 3.97. The Bertz CT molecular complexity index is 3800. The molecule has 12 aromatic rings. The van der Waals surface area contributed by atoms with Gasteiger partial charge in [0.15, 0.2) is 17.5 Å². The second-order valence-electron chi connectivity index (χ2n) is 17.9. The molecule has 0 fully saturated rings. The molecule has 0 N–H and O–H groups in total. The highest BCUT2D eigenvalue weighted by molar-refractivity contribution is 7.21. The normalized spacial score (nSPS) is 12.9. The Labute approximate surface area is 398 Å². The number of hydrogen-bond acceptors (Lipinski definition) is 6. The van der Waals surface area contributed by atoms with Crippen LogP contribution in [0.3, 0.4) is 0 Å². The van der Waals surface area contributed by atoms with Crippen molar-refractivity contribution < 1.29 is 0 Å². The summed E-state index contributed by atoms with van der Waals surface area (Å²) in [5.41, 5.74) is 16.5. The molecule has 1 aliphatic heterocycles. The Morgan fingerprint density at radius 1 is 0.382 bits per heavy atom. The fourth-order valence-corrected chi connectivity index (χ4v) is 11.0. The molecule has 3 aromatic heterocycles. The van der Waals surface area contributed by atoms with E-state index in [0.29, 0.717) is 17.5 Å². The van der Waals surface area contributed by atoms with Gasteiger partial charge in [0.2, 0.25) is 0 Å². The number of anilines is 3. The molecule has 6 nitrogen and oxygen atoms in total. The Hall–Kier alpha value is -8.52. The van der Waals surface area contributed by atoms with E-state index < -0.39 is 0 Å². The van der Waals surface area contributed by atoms with E-state index in [-0.39, 0.29) is 5.41 Å². The highest BCUT2D eigenvalue weighted by atomic mass is 32.1. The first-order chi connectivity index (χ1) is 33.4. The summed E-state index contributed by atoms with van der Waals surface area (Å²) in [6.07, 6.45) is 0. The van der Waals surface area contributed by atoms with Gasteiger partial charge in [-0.05, 0) is 101 Å². The van der Waals surface area contributed by atoms with Gasteiger partial charge in [-0.1, -0.05) is 153 Å². The highest BCUT2D eigenvalue weighted by Crippen LogP contribution is 2.53. The molecule has 7 heteroatoms. The van der Waals surface area contributed by atoms with Crippen LogP contribution in [0.2, 0.25) is 0 Å². The van der Waals surface area contributed by atoms with Crippen molar-refractivity contribution in [2.24, 2.45) is 0 Å². The predicted molar refractivity (Wildman–Crippen MR) is 281 cm³/mol. The average molecular weight is 891 g/mol. The Morgan fingerprint density at radius 2 is 0.897 bits per heavy atom. The van der Waals surface area contributed by atoms with Crippen LogP contribution in [0.25, 0.3) is 93.6 Å². The molecule has 0 saturated heterocycles. The van der Waals surface area contributed by atoms with E-state index >= 15 is 0 Å². The lowest BCUT2D eigenvalue weighted by Crippen LogP contribution is -2.30. The van der Waals surface area contributed by atoms with Crippen molar-refractivity contribution in [2.45, 2.75) is 19.3 Å². The first-order valence-corrected chi connectivity index (χ1v) is 23.8. The lowest BCUT2D eigenvalue weighted by atomic mass is 9.73. The molecular weight excluding hydrogens is 849 g/mol. The zero-order valence-corrected chi connectivity index (χ0v) is 38.2. The summed E-state index contributed by atoms with van der Waals surface area (Å²) < 4.78 is 3.53. The smallest absolute Gasteiger partial charge is 0.164 e. The largest absolute Gasteiger partial charge is 0.310 e. The predicted octanol–water partition coefficient (Wildman–Crippen LogP) is 16.0. The molecule has 0 radical (unpaired) electrons. The van der Waals surface area contributed by atoms with Gasteiger partial charge in [0.05, 0.1) is 32.6 Å². The van der Waals surface area contributed by atoms with Gasteiger partial charge < -0.3 is 9.47 Å². The maximum Gasteiger partial charge on any atom is 0.164 e. The standard InChI is InChI=1S/C61H42N6S/c1-61(2)49-25-15-16-26-53(49)67(45-23-13-6-14-24-45)54-34-30-44(36-50(54)61)43-29-33-52-47(35-43)48-37-56-51(62-60(68-56)42-21-11-5-12-22-42)38-55(48)66(52)46-31-27-41(28-32-46)59-64-57(39-17-7-3-8-18-39)63-58(65-59)40-19-9-4-10-20-40/h3-38H,1-2H3. The van der Waals surface area contributed by atoms with Gasteiger partial charge in [-0.25, -0.2) is 19.9 Å². The summed E-state index contributed by atoms with van der Waals surface area (Å²) >= 11 is 1.74. The number of fused-ring (bicyclic) bond motifs is 6. The van der Waals surface area contributed by atoms with Gasteiger partial charge in [-0.3, -0.25) is 0 Å².